The van der Waals surface area contributed by atoms with Gasteiger partial charge in [-0.3, -0.25) is 9.69 Å². The summed E-state index contributed by atoms with van der Waals surface area (Å²) in [5, 5.41) is 1.13. The van der Waals surface area contributed by atoms with Gasteiger partial charge in [0.1, 0.15) is 10.8 Å². The van der Waals surface area contributed by atoms with E-state index in [4.69, 9.17) is 9.72 Å². The van der Waals surface area contributed by atoms with E-state index in [9.17, 15) is 4.79 Å². The number of nitrogens with zero attached hydrogens (tertiary/aromatic N) is 3. The molecule has 32 heavy (non-hydrogen) atoms. The number of rotatable bonds is 6. The van der Waals surface area contributed by atoms with Gasteiger partial charge in [-0.25, -0.2) is 4.98 Å². The van der Waals surface area contributed by atoms with Crippen molar-refractivity contribution in [2.75, 3.05) is 32.8 Å². The molecule has 1 fully saturated rings. The van der Waals surface area contributed by atoms with Crippen molar-refractivity contribution in [3.63, 3.8) is 0 Å². The lowest BCUT2D eigenvalue weighted by molar-refractivity contribution is -0.135. The molecule has 0 saturated carbocycles. The molecule has 5 rings (SSSR count). The quantitative estimate of drug-likeness (QED) is 0.434. The standard InChI is InChI=1S/C26H25N3O2S/c30-26(19-31-23-12-6-4-10-21(23)20-8-2-1-3-9-20)29-16-14-28(15-17-29)18-25-27-22-11-5-7-13-24(22)32-25/h1-13H,14-19H2. The minimum absolute atomic E-state index is 0.0347. The Kier molecular flexibility index (Phi) is 6.14. The van der Waals surface area contributed by atoms with Gasteiger partial charge in [0.2, 0.25) is 0 Å². The Morgan fingerprint density at radius 2 is 1.59 bits per heavy atom. The van der Waals surface area contributed by atoms with E-state index in [1.54, 1.807) is 11.3 Å². The van der Waals surface area contributed by atoms with Crippen molar-refractivity contribution in [2.45, 2.75) is 6.54 Å². The molecule has 1 amide bonds. The van der Waals surface area contributed by atoms with Gasteiger partial charge >= 0.3 is 0 Å². The molecule has 162 valence electrons. The third kappa shape index (κ3) is 4.66. The fourth-order valence-corrected chi connectivity index (χ4v) is 5.02. The van der Waals surface area contributed by atoms with Crippen LogP contribution in [-0.4, -0.2) is 53.5 Å². The number of fused-ring (bicyclic) bond motifs is 1. The normalized spacial score (nSPS) is 14.6. The molecule has 0 unspecified atom stereocenters. The average molecular weight is 444 g/mol. The highest BCUT2D eigenvalue weighted by Crippen LogP contribution is 2.29. The molecule has 0 aliphatic carbocycles. The molecule has 1 aliphatic rings. The van der Waals surface area contributed by atoms with Gasteiger partial charge < -0.3 is 9.64 Å². The van der Waals surface area contributed by atoms with E-state index in [2.05, 4.69) is 35.2 Å². The Balaban J connectivity index is 1.14. The number of aromatic nitrogens is 1. The van der Waals surface area contributed by atoms with Crippen LogP contribution in [0.1, 0.15) is 5.01 Å². The van der Waals surface area contributed by atoms with Crippen LogP contribution in [0.5, 0.6) is 5.75 Å². The smallest absolute Gasteiger partial charge is 0.260 e. The zero-order valence-corrected chi connectivity index (χ0v) is 18.6. The molecule has 1 aliphatic heterocycles. The number of carbonyl (C=O) groups is 1. The lowest BCUT2D eigenvalue weighted by Gasteiger charge is -2.34. The number of piperazine rings is 1. The Hall–Kier alpha value is -3.22. The number of carbonyl (C=O) groups excluding carboxylic acids is 1. The predicted molar refractivity (Wildman–Crippen MR) is 129 cm³/mol. The number of thiazole rings is 1. The van der Waals surface area contributed by atoms with Crippen molar-refractivity contribution in [2.24, 2.45) is 0 Å². The highest BCUT2D eigenvalue weighted by Gasteiger charge is 2.22. The molecule has 0 atom stereocenters. The highest BCUT2D eigenvalue weighted by molar-refractivity contribution is 7.18. The number of amides is 1. The van der Waals surface area contributed by atoms with Gasteiger partial charge in [-0.05, 0) is 23.8 Å². The van der Waals surface area contributed by atoms with Crippen molar-refractivity contribution in [1.29, 1.82) is 0 Å². The summed E-state index contributed by atoms with van der Waals surface area (Å²) in [6.07, 6.45) is 0. The Morgan fingerprint density at radius 3 is 2.41 bits per heavy atom. The van der Waals surface area contributed by atoms with E-state index in [1.807, 2.05) is 53.4 Å². The van der Waals surface area contributed by atoms with E-state index in [0.717, 1.165) is 47.0 Å². The van der Waals surface area contributed by atoms with Crippen molar-refractivity contribution in [1.82, 2.24) is 14.8 Å². The van der Waals surface area contributed by atoms with Gasteiger partial charge in [0.15, 0.2) is 6.61 Å². The lowest BCUT2D eigenvalue weighted by atomic mass is 10.1. The maximum absolute atomic E-state index is 12.8. The predicted octanol–water partition coefficient (Wildman–Crippen LogP) is 4.69. The molecular formula is C26H25N3O2S. The van der Waals surface area contributed by atoms with Crippen molar-refractivity contribution in [3.8, 4) is 16.9 Å². The molecule has 3 aromatic carbocycles. The lowest BCUT2D eigenvalue weighted by Crippen LogP contribution is -2.49. The molecule has 1 saturated heterocycles. The minimum Gasteiger partial charge on any atom is -0.483 e. The van der Waals surface area contributed by atoms with Gasteiger partial charge in [-0.15, -0.1) is 11.3 Å². The fourth-order valence-electron chi connectivity index (χ4n) is 4.01. The molecule has 0 spiro atoms. The summed E-state index contributed by atoms with van der Waals surface area (Å²) in [6, 6.07) is 26.2. The number of benzene rings is 3. The second-order valence-corrected chi connectivity index (χ2v) is 9.00. The van der Waals surface area contributed by atoms with Crippen LogP contribution in [0.25, 0.3) is 21.3 Å². The first kappa shape index (κ1) is 20.7. The van der Waals surface area contributed by atoms with Gasteiger partial charge in [0, 0.05) is 31.7 Å². The van der Waals surface area contributed by atoms with Crippen LogP contribution in [-0.2, 0) is 11.3 Å². The summed E-state index contributed by atoms with van der Waals surface area (Å²) in [7, 11) is 0. The van der Waals surface area contributed by atoms with Crippen LogP contribution in [0.2, 0.25) is 0 Å². The number of hydrogen-bond acceptors (Lipinski definition) is 5. The van der Waals surface area contributed by atoms with E-state index >= 15 is 0 Å². The largest absolute Gasteiger partial charge is 0.483 e. The van der Waals surface area contributed by atoms with E-state index in [1.165, 1.54) is 4.70 Å². The van der Waals surface area contributed by atoms with Gasteiger partial charge in [-0.2, -0.15) is 0 Å². The summed E-state index contributed by atoms with van der Waals surface area (Å²) < 4.78 is 7.18. The first-order valence-corrected chi connectivity index (χ1v) is 11.7. The maximum Gasteiger partial charge on any atom is 0.260 e. The Morgan fingerprint density at radius 1 is 0.875 bits per heavy atom. The third-order valence-corrected chi connectivity index (χ3v) is 6.77. The topological polar surface area (TPSA) is 45.7 Å². The number of para-hydroxylation sites is 2. The van der Waals surface area contributed by atoms with E-state index in [0.29, 0.717) is 13.1 Å². The second kappa shape index (κ2) is 9.51. The highest BCUT2D eigenvalue weighted by atomic mass is 32.1. The minimum atomic E-state index is 0.0347. The Bertz CT molecular complexity index is 1170. The zero-order valence-electron chi connectivity index (χ0n) is 17.8. The zero-order chi connectivity index (χ0) is 21.8. The summed E-state index contributed by atoms with van der Waals surface area (Å²) in [4.78, 5) is 21.8. The first-order chi connectivity index (χ1) is 15.8. The second-order valence-electron chi connectivity index (χ2n) is 7.88. The van der Waals surface area contributed by atoms with Crippen LogP contribution in [0, 0.1) is 0 Å². The van der Waals surface area contributed by atoms with Gasteiger partial charge in [0.05, 0.1) is 16.8 Å². The number of ether oxygens (including phenoxy) is 1. The fraction of sp³-hybridized carbons (Fsp3) is 0.231. The van der Waals surface area contributed by atoms with Crippen LogP contribution < -0.4 is 4.74 Å². The summed E-state index contributed by atoms with van der Waals surface area (Å²) >= 11 is 1.75. The van der Waals surface area contributed by atoms with E-state index < -0.39 is 0 Å². The molecule has 4 aromatic rings. The third-order valence-electron chi connectivity index (χ3n) is 5.75. The molecule has 2 heterocycles. The molecular weight excluding hydrogens is 418 g/mol. The molecule has 5 nitrogen and oxygen atoms in total. The monoisotopic (exact) mass is 443 g/mol. The van der Waals surface area contributed by atoms with Crippen LogP contribution >= 0.6 is 11.3 Å². The Labute approximate surface area is 191 Å². The first-order valence-electron chi connectivity index (χ1n) is 10.9. The number of hydrogen-bond donors (Lipinski definition) is 0. The molecule has 1 aromatic heterocycles. The van der Waals surface area contributed by atoms with Gasteiger partial charge in [-0.1, -0.05) is 60.7 Å². The summed E-state index contributed by atoms with van der Waals surface area (Å²) in [5.41, 5.74) is 3.15. The SMILES string of the molecule is O=C(COc1ccccc1-c1ccccc1)N1CCN(Cc2nc3ccccc3s2)CC1. The summed E-state index contributed by atoms with van der Waals surface area (Å²) in [5.74, 6) is 0.772. The summed E-state index contributed by atoms with van der Waals surface area (Å²) in [6.45, 7) is 4.02. The molecule has 0 bridgehead atoms. The van der Waals surface area contributed by atoms with Crippen LogP contribution in [0.3, 0.4) is 0 Å². The average Bonchev–Trinajstić information content (AvgIpc) is 3.26. The van der Waals surface area contributed by atoms with Gasteiger partial charge in [0.25, 0.3) is 5.91 Å². The van der Waals surface area contributed by atoms with Crippen LogP contribution in [0.4, 0.5) is 0 Å². The van der Waals surface area contributed by atoms with Crippen molar-refractivity contribution in [3.05, 3.63) is 83.9 Å². The molecule has 0 N–H and O–H groups in total. The molecule has 6 heteroatoms. The van der Waals surface area contributed by atoms with Crippen molar-refractivity contribution < 1.29 is 9.53 Å². The molecule has 0 radical (unpaired) electrons. The maximum atomic E-state index is 12.8. The van der Waals surface area contributed by atoms with E-state index in [-0.39, 0.29) is 12.5 Å². The van der Waals surface area contributed by atoms with Crippen LogP contribution in [0.15, 0.2) is 78.9 Å². The van der Waals surface area contributed by atoms with Crippen molar-refractivity contribution >= 4 is 27.5 Å².